The van der Waals surface area contributed by atoms with Crippen molar-refractivity contribution in [3.8, 4) is 5.69 Å². The number of hydrogen-bond donors (Lipinski definition) is 1. The summed E-state index contributed by atoms with van der Waals surface area (Å²) in [4.78, 5) is 5.39. The van der Waals surface area contributed by atoms with Gasteiger partial charge in [-0.3, -0.25) is 0 Å². The van der Waals surface area contributed by atoms with Crippen LogP contribution in [0.25, 0.3) is 65.8 Å². The minimum atomic E-state index is -0.351. The maximum atomic E-state index is 5.39. The van der Waals surface area contributed by atoms with Gasteiger partial charge in [-0.1, -0.05) is 127 Å². The van der Waals surface area contributed by atoms with Crippen LogP contribution in [0.1, 0.15) is 11.9 Å². The normalized spacial score (nSPS) is 14.6. The number of fused-ring (bicyclic) bond motifs is 11. The van der Waals surface area contributed by atoms with Gasteiger partial charge in [-0.25, -0.2) is 4.99 Å². The van der Waals surface area contributed by atoms with Gasteiger partial charge in [0, 0.05) is 43.2 Å². The lowest BCUT2D eigenvalue weighted by atomic mass is 9.99. The number of hydrogen-bond acceptors (Lipinski definition) is 2. The third-order valence-electron chi connectivity index (χ3n) is 9.50. The topological polar surface area (TPSA) is 34.2 Å². The molecule has 9 aromatic rings. The second-order valence-corrected chi connectivity index (χ2v) is 12.0. The first-order valence-corrected chi connectivity index (χ1v) is 15.8. The number of nitrogens with zero attached hydrogens (tertiary/aromatic N) is 3. The van der Waals surface area contributed by atoms with Crippen LogP contribution in [-0.2, 0) is 0 Å². The molecule has 1 N–H and O–H groups in total. The summed E-state index contributed by atoms with van der Waals surface area (Å²) in [5, 5.41) is 13.4. The number of para-hydroxylation sites is 4. The lowest BCUT2D eigenvalue weighted by molar-refractivity contribution is 0.490. The summed E-state index contributed by atoms with van der Waals surface area (Å²) in [6.45, 7) is 0. The molecule has 0 aliphatic carbocycles. The van der Waals surface area contributed by atoms with E-state index >= 15 is 0 Å². The van der Waals surface area contributed by atoms with Gasteiger partial charge in [0.15, 0.2) is 0 Å². The van der Waals surface area contributed by atoms with Crippen LogP contribution in [0.4, 0.5) is 0 Å². The molecule has 0 fully saturated rings. The highest BCUT2D eigenvalue weighted by Gasteiger charge is 2.27. The van der Waals surface area contributed by atoms with Crippen LogP contribution in [0.15, 0.2) is 163 Å². The monoisotopic (exact) mass is 588 g/mol. The molecule has 0 spiro atoms. The second kappa shape index (κ2) is 9.68. The summed E-state index contributed by atoms with van der Waals surface area (Å²) in [5.74, 6) is 0. The minimum absolute atomic E-state index is 0.351. The van der Waals surface area contributed by atoms with Crippen LogP contribution in [0.2, 0.25) is 0 Å². The second-order valence-electron chi connectivity index (χ2n) is 12.0. The van der Waals surface area contributed by atoms with E-state index in [2.05, 4.69) is 172 Å². The van der Waals surface area contributed by atoms with E-state index in [4.69, 9.17) is 4.99 Å². The molecule has 10 rings (SSSR count). The van der Waals surface area contributed by atoms with E-state index in [1.165, 1.54) is 48.9 Å². The Morgan fingerprint density at radius 3 is 1.78 bits per heavy atom. The van der Waals surface area contributed by atoms with Crippen LogP contribution in [0.3, 0.4) is 0 Å². The Bertz CT molecular complexity index is 2770. The summed E-state index contributed by atoms with van der Waals surface area (Å²) in [6, 6.07) is 56.3. The van der Waals surface area contributed by atoms with Gasteiger partial charge in [0.25, 0.3) is 0 Å². The first kappa shape index (κ1) is 25.2. The molecule has 0 saturated carbocycles. The van der Waals surface area contributed by atoms with Crippen molar-refractivity contribution in [1.82, 2.24) is 14.5 Å². The largest absolute Gasteiger partial charge is 0.345 e. The molecule has 0 saturated heterocycles. The molecule has 1 unspecified atom stereocenters. The molecule has 46 heavy (non-hydrogen) atoms. The van der Waals surface area contributed by atoms with Crippen molar-refractivity contribution in [2.24, 2.45) is 4.99 Å². The van der Waals surface area contributed by atoms with Gasteiger partial charge in [-0.05, 0) is 35.9 Å². The summed E-state index contributed by atoms with van der Waals surface area (Å²) < 4.78 is 4.87. The first-order chi connectivity index (χ1) is 22.9. The van der Waals surface area contributed by atoms with Gasteiger partial charge in [-0.2, -0.15) is 0 Å². The Balaban J connectivity index is 1.40. The van der Waals surface area contributed by atoms with Gasteiger partial charge in [-0.15, -0.1) is 0 Å². The van der Waals surface area contributed by atoms with Gasteiger partial charge >= 0.3 is 0 Å². The van der Waals surface area contributed by atoms with Crippen molar-refractivity contribution in [2.75, 3.05) is 0 Å². The number of benzene rings is 7. The maximum absolute atomic E-state index is 5.39. The molecule has 0 radical (unpaired) electrons. The van der Waals surface area contributed by atoms with Crippen LogP contribution >= 0.6 is 0 Å². The highest BCUT2D eigenvalue weighted by molar-refractivity contribution is 6.37. The maximum Gasteiger partial charge on any atom is 0.201 e. The summed E-state index contributed by atoms with van der Waals surface area (Å²) in [5.41, 5.74) is 8.17. The SMILES string of the molecule is c1ccc(C2=c3ccccc3=NC(n3c4ccccc4c4c5c6ccccc6n(-c6ccccc6)c5c5ccccc5c43)N2)cc1. The van der Waals surface area contributed by atoms with E-state index in [0.29, 0.717) is 0 Å². The average molecular weight is 589 g/mol. The molecular weight excluding hydrogens is 560 g/mol. The molecule has 0 amide bonds. The third kappa shape index (κ3) is 3.47. The molecular formula is C42H28N4. The van der Waals surface area contributed by atoms with Crippen molar-refractivity contribution >= 4 is 60.1 Å². The molecule has 4 heteroatoms. The quantitative estimate of drug-likeness (QED) is 0.220. The fraction of sp³-hybridized carbons (Fsp3) is 0.0238. The van der Waals surface area contributed by atoms with Crippen molar-refractivity contribution in [1.29, 1.82) is 0 Å². The van der Waals surface area contributed by atoms with Crippen LogP contribution in [0, 0.1) is 0 Å². The van der Waals surface area contributed by atoms with Crippen LogP contribution in [-0.4, -0.2) is 9.13 Å². The van der Waals surface area contributed by atoms with E-state index in [-0.39, 0.29) is 6.29 Å². The standard InChI is InChI=1S/C42H28N4/c1-3-15-27(16-4-1)39-31-21-9-12-24-34(31)43-42(44-39)46-36-26-14-11-23-33(36)38-37-32-22-10-13-25-35(32)45(28-17-5-2-6-18-28)40(37)29-19-7-8-20-30(29)41(38)46/h1-26,42,44H. The summed E-state index contributed by atoms with van der Waals surface area (Å²) in [7, 11) is 0. The summed E-state index contributed by atoms with van der Waals surface area (Å²) >= 11 is 0. The molecule has 2 aromatic heterocycles. The molecule has 7 aromatic carbocycles. The van der Waals surface area contributed by atoms with E-state index in [1.807, 2.05) is 0 Å². The Labute approximate surface area is 264 Å². The Morgan fingerprint density at radius 1 is 0.478 bits per heavy atom. The number of rotatable bonds is 3. The predicted molar refractivity (Wildman–Crippen MR) is 190 cm³/mol. The van der Waals surface area contributed by atoms with Gasteiger partial charge in [0.05, 0.1) is 33.1 Å². The Kier molecular flexibility index (Phi) is 5.31. The lowest BCUT2D eigenvalue weighted by Gasteiger charge is -2.25. The van der Waals surface area contributed by atoms with E-state index in [9.17, 15) is 0 Å². The van der Waals surface area contributed by atoms with Crippen molar-refractivity contribution in [2.45, 2.75) is 6.29 Å². The van der Waals surface area contributed by atoms with Crippen molar-refractivity contribution in [3.63, 3.8) is 0 Å². The van der Waals surface area contributed by atoms with Crippen molar-refractivity contribution in [3.05, 3.63) is 174 Å². The molecule has 0 bridgehead atoms. The minimum Gasteiger partial charge on any atom is -0.345 e. The molecule has 1 atom stereocenters. The third-order valence-corrected chi connectivity index (χ3v) is 9.50. The Morgan fingerprint density at radius 2 is 1.02 bits per heavy atom. The fourth-order valence-corrected chi connectivity index (χ4v) is 7.66. The summed E-state index contributed by atoms with van der Waals surface area (Å²) in [6.07, 6.45) is -0.351. The number of nitrogens with one attached hydrogen (secondary N) is 1. The zero-order valence-corrected chi connectivity index (χ0v) is 24.9. The molecule has 1 aliphatic heterocycles. The molecule has 216 valence electrons. The van der Waals surface area contributed by atoms with E-state index in [0.717, 1.165) is 33.0 Å². The average Bonchev–Trinajstić information content (AvgIpc) is 3.66. The number of aromatic nitrogens is 2. The van der Waals surface area contributed by atoms with E-state index < -0.39 is 0 Å². The lowest BCUT2D eigenvalue weighted by Crippen LogP contribution is -2.41. The van der Waals surface area contributed by atoms with Crippen LogP contribution in [0.5, 0.6) is 0 Å². The molecule has 3 heterocycles. The van der Waals surface area contributed by atoms with Gasteiger partial charge < -0.3 is 14.5 Å². The molecule has 4 nitrogen and oxygen atoms in total. The smallest absolute Gasteiger partial charge is 0.201 e. The fourth-order valence-electron chi connectivity index (χ4n) is 7.66. The predicted octanol–water partition coefficient (Wildman–Crippen LogP) is 8.58. The molecule has 1 aliphatic rings. The zero-order chi connectivity index (χ0) is 30.2. The highest BCUT2D eigenvalue weighted by atomic mass is 15.3. The first-order valence-electron chi connectivity index (χ1n) is 15.8. The highest BCUT2D eigenvalue weighted by Crippen LogP contribution is 2.46. The van der Waals surface area contributed by atoms with Gasteiger partial charge in [0.1, 0.15) is 0 Å². The van der Waals surface area contributed by atoms with E-state index in [1.54, 1.807) is 0 Å². The van der Waals surface area contributed by atoms with Crippen molar-refractivity contribution < 1.29 is 0 Å². The van der Waals surface area contributed by atoms with Crippen LogP contribution < -0.4 is 15.9 Å². The Hall–Kier alpha value is -6.13. The zero-order valence-electron chi connectivity index (χ0n) is 24.9. The van der Waals surface area contributed by atoms with Gasteiger partial charge in [0.2, 0.25) is 6.29 Å².